The second-order valence-electron chi connectivity index (χ2n) is 7.34. The van der Waals surface area contributed by atoms with Crippen LogP contribution in [0.3, 0.4) is 0 Å². The summed E-state index contributed by atoms with van der Waals surface area (Å²) >= 11 is 0. The van der Waals surface area contributed by atoms with Crippen LogP contribution in [0.25, 0.3) is 0 Å². The highest BCUT2D eigenvalue weighted by Gasteiger charge is 2.20. The van der Waals surface area contributed by atoms with Gasteiger partial charge in [0.15, 0.2) is 6.29 Å². The van der Waals surface area contributed by atoms with E-state index in [2.05, 4.69) is 4.72 Å². The molecule has 2 N–H and O–H groups in total. The van der Waals surface area contributed by atoms with E-state index in [4.69, 9.17) is 4.74 Å². The Morgan fingerprint density at radius 3 is 2.37 bits per heavy atom. The van der Waals surface area contributed by atoms with Gasteiger partial charge in [0.25, 0.3) is 5.56 Å². The number of sulfonamides is 1. The number of hydrogen-bond donors (Lipinski definition) is 2. The monoisotopic (exact) mass is 394 g/mol. The summed E-state index contributed by atoms with van der Waals surface area (Å²) < 4.78 is 33.8. The van der Waals surface area contributed by atoms with Crippen LogP contribution in [0.5, 0.6) is 0 Å². The Morgan fingerprint density at radius 2 is 1.78 bits per heavy atom. The highest BCUT2D eigenvalue weighted by molar-refractivity contribution is 7.91. The van der Waals surface area contributed by atoms with E-state index in [1.807, 2.05) is 0 Å². The van der Waals surface area contributed by atoms with Crippen molar-refractivity contribution in [3.8, 4) is 0 Å². The first-order valence-electron chi connectivity index (χ1n) is 8.57. The molecular formula is C19H26N2O5S. The zero-order chi connectivity index (χ0) is 20.2. The summed E-state index contributed by atoms with van der Waals surface area (Å²) in [5.74, 6) is -0.239. The molecule has 0 aliphatic rings. The lowest BCUT2D eigenvalue weighted by Gasteiger charge is -2.25. The normalized spacial score (nSPS) is 13.4. The van der Waals surface area contributed by atoms with Crippen molar-refractivity contribution in [3.63, 3.8) is 0 Å². The topological polar surface area (TPSA) is 97.6 Å². The average Bonchev–Trinajstić information content (AvgIpc) is 2.53. The molecule has 2 aromatic rings. The Hall–Kier alpha value is -2.16. The van der Waals surface area contributed by atoms with Gasteiger partial charge in [0, 0.05) is 5.69 Å². The third-order valence-corrected chi connectivity index (χ3v) is 4.93. The Kier molecular flexibility index (Phi) is 6.46. The predicted molar refractivity (Wildman–Crippen MR) is 105 cm³/mol. The molecule has 27 heavy (non-hydrogen) atoms. The molecule has 0 saturated heterocycles. The van der Waals surface area contributed by atoms with E-state index in [0.29, 0.717) is 11.3 Å². The maximum atomic E-state index is 12.7. The van der Waals surface area contributed by atoms with E-state index in [9.17, 15) is 18.3 Å². The molecule has 148 valence electrons. The highest BCUT2D eigenvalue weighted by Crippen LogP contribution is 2.13. The number of aliphatic hydroxyl groups excluding tert-OH is 1. The van der Waals surface area contributed by atoms with Gasteiger partial charge in [0.05, 0.1) is 17.9 Å². The van der Waals surface area contributed by atoms with Gasteiger partial charge in [0.2, 0.25) is 10.0 Å². The van der Waals surface area contributed by atoms with E-state index in [0.717, 1.165) is 0 Å². The number of nitrogens with one attached hydrogen (secondary N) is 1. The van der Waals surface area contributed by atoms with Crippen molar-refractivity contribution >= 4 is 15.7 Å². The summed E-state index contributed by atoms with van der Waals surface area (Å²) in [6.07, 6.45) is -1.20. The Morgan fingerprint density at radius 1 is 1.15 bits per heavy atom. The molecular weight excluding hydrogens is 368 g/mol. The Labute approximate surface area is 159 Å². The fraction of sp³-hybridized carbons (Fsp3) is 0.421. The number of ether oxygens (including phenoxy) is 1. The first-order chi connectivity index (χ1) is 12.5. The summed E-state index contributed by atoms with van der Waals surface area (Å²) in [6, 6.07) is 11.7. The summed E-state index contributed by atoms with van der Waals surface area (Å²) in [6.45, 7) is 6.98. The second kappa shape index (κ2) is 8.24. The van der Waals surface area contributed by atoms with Crippen LogP contribution in [0.1, 0.15) is 32.0 Å². The summed E-state index contributed by atoms with van der Waals surface area (Å²) in [4.78, 5) is 12.7. The number of anilines is 1. The van der Waals surface area contributed by atoms with Gasteiger partial charge in [-0.1, -0.05) is 30.3 Å². The molecule has 2 rings (SSSR count). The lowest BCUT2D eigenvalue weighted by Crippen LogP contribution is -2.35. The molecule has 1 aromatic heterocycles. The number of aryl methyl sites for hydroxylation is 1. The van der Waals surface area contributed by atoms with Gasteiger partial charge in [0.1, 0.15) is 5.69 Å². The van der Waals surface area contributed by atoms with Gasteiger partial charge in [-0.3, -0.25) is 9.52 Å². The van der Waals surface area contributed by atoms with E-state index in [-0.39, 0.29) is 18.0 Å². The molecule has 7 nitrogen and oxygen atoms in total. The fourth-order valence-electron chi connectivity index (χ4n) is 2.57. The van der Waals surface area contributed by atoms with Crippen molar-refractivity contribution in [1.29, 1.82) is 0 Å². The van der Waals surface area contributed by atoms with Crippen molar-refractivity contribution in [1.82, 2.24) is 4.57 Å². The third kappa shape index (κ3) is 6.50. The number of aliphatic hydroxyl groups is 1. The number of pyridine rings is 1. The zero-order valence-corrected chi connectivity index (χ0v) is 16.8. The van der Waals surface area contributed by atoms with Crippen LogP contribution >= 0.6 is 0 Å². The zero-order valence-electron chi connectivity index (χ0n) is 16.0. The van der Waals surface area contributed by atoms with Crippen molar-refractivity contribution in [3.05, 3.63) is 64.1 Å². The quantitative estimate of drug-likeness (QED) is 0.702. The van der Waals surface area contributed by atoms with Gasteiger partial charge < -0.3 is 14.4 Å². The van der Waals surface area contributed by atoms with E-state index in [1.54, 1.807) is 64.1 Å². The standard InChI is InChI=1S/C19H26N2O5S/c1-14-10-11-16(18(23)21(14)12-17(22)26-19(2,3)4)20-27(24,25)13-15-8-6-5-7-9-15/h5-11,17,20,22H,12-13H2,1-4H3. The molecule has 0 aliphatic heterocycles. The van der Waals surface area contributed by atoms with Crippen molar-refractivity contribution < 1.29 is 18.3 Å². The maximum absolute atomic E-state index is 12.7. The molecule has 0 fully saturated rings. The van der Waals surface area contributed by atoms with E-state index in [1.165, 1.54) is 10.6 Å². The largest absolute Gasteiger partial charge is 0.366 e. The number of hydrogen-bond acceptors (Lipinski definition) is 5. The van der Waals surface area contributed by atoms with Crippen LogP contribution in [0.2, 0.25) is 0 Å². The fourth-order valence-corrected chi connectivity index (χ4v) is 3.77. The Balaban J connectivity index is 2.22. The molecule has 0 bridgehead atoms. The molecule has 0 spiro atoms. The molecule has 0 aliphatic carbocycles. The smallest absolute Gasteiger partial charge is 0.275 e. The van der Waals surface area contributed by atoms with Crippen LogP contribution in [0.4, 0.5) is 5.69 Å². The van der Waals surface area contributed by atoms with E-state index < -0.39 is 27.5 Å². The van der Waals surface area contributed by atoms with Crippen LogP contribution in [-0.2, 0) is 27.1 Å². The Bertz CT molecular complexity index is 931. The molecule has 0 saturated carbocycles. The first kappa shape index (κ1) is 21.1. The number of nitrogens with zero attached hydrogens (tertiary/aromatic N) is 1. The second-order valence-corrected chi connectivity index (χ2v) is 9.06. The van der Waals surface area contributed by atoms with Crippen molar-refractivity contribution in [2.75, 3.05) is 4.72 Å². The SMILES string of the molecule is Cc1ccc(NS(=O)(=O)Cc2ccccc2)c(=O)n1CC(O)OC(C)(C)C. The lowest BCUT2D eigenvalue weighted by molar-refractivity contribution is -0.172. The predicted octanol–water partition coefficient (Wildman–Crippen LogP) is 2.23. The molecule has 1 heterocycles. The molecule has 8 heteroatoms. The molecule has 0 radical (unpaired) electrons. The molecule has 0 amide bonds. The maximum Gasteiger partial charge on any atom is 0.275 e. The average molecular weight is 394 g/mol. The molecule has 1 aromatic carbocycles. The van der Waals surface area contributed by atoms with Crippen LogP contribution in [-0.4, -0.2) is 30.0 Å². The minimum Gasteiger partial charge on any atom is -0.366 e. The van der Waals surface area contributed by atoms with Crippen molar-refractivity contribution in [2.24, 2.45) is 0 Å². The summed E-state index contributed by atoms with van der Waals surface area (Å²) in [7, 11) is -3.75. The number of aromatic nitrogens is 1. The van der Waals surface area contributed by atoms with Crippen molar-refractivity contribution in [2.45, 2.75) is 51.9 Å². The van der Waals surface area contributed by atoms with Gasteiger partial charge >= 0.3 is 0 Å². The molecule has 1 atom stereocenters. The van der Waals surface area contributed by atoms with Gasteiger partial charge in [-0.05, 0) is 45.4 Å². The van der Waals surface area contributed by atoms with Crippen LogP contribution < -0.4 is 10.3 Å². The number of rotatable bonds is 7. The third-order valence-electron chi connectivity index (χ3n) is 3.69. The van der Waals surface area contributed by atoms with E-state index >= 15 is 0 Å². The summed E-state index contributed by atoms with van der Waals surface area (Å²) in [5.41, 5.74) is 0.0166. The summed E-state index contributed by atoms with van der Waals surface area (Å²) in [5, 5.41) is 10.1. The lowest BCUT2D eigenvalue weighted by atomic mass is 10.2. The number of benzene rings is 1. The molecule has 1 unspecified atom stereocenters. The van der Waals surface area contributed by atoms with Gasteiger partial charge in [-0.25, -0.2) is 8.42 Å². The first-order valence-corrected chi connectivity index (χ1v) is 10.2. The minimum absolute atomic E-state index is 0.0699. The van der Waals surface area contributed by atoms with Gasteiger partial charge in [-0.2, -0.15) is 0 Å². The highest BCUT2D eigenvalue weighted by atomic mass is 32.2. The minimum atomic E-state index is -3.75. The van der Waals surface area contributed by atoms with Crippen LogP contribution in [0, 0.1) is 6.92 Å². The van der Waals surface area contributed by atoms with Crippen LogP contribution in [0.15, 0.2) is 47.3 Å². The van der Waals surface area contributed by atoms with Gasteiger partial charge in [-0.15, -0.1) is 0 Å².